The number of carbonyl (C=O) groups is 2. The number of nitrogens with one attached hydrogen (secondary N) is 1. The van der Waals surface area contributed by atoms with Crippen molar-refractivity contribution in [1.82, 2.24) is 10.2 Å². The number of nitrogens with zero attached hydrogens (tertiary/aromatic N) is 1. The third-order valence-corrected chi connectivity index (χ3v) is 6.48. The van der Waals surface area contributed by atoms with E-state index in [1.807, 2.05) is 93.6 Å². The molecule has 0 heterocycles. The second-order valence-corrected chi connectivity index (χ2v) is 9.16. The summed E-state index contributed by atoms with van der Waals surface area (Å²) in [6.07, 6.45) is 0.418. The molecule has 5 nitrogen and oxygen atoms in total. The minimum atomic E-state index is -0.661. The van der Waals surface area contributed by atoms with Crippen molar-refractivity contribution in [3.05, 3.63) is 99.5 Å². The van der Waals surface area contributed by atoms with Crippen LogP contribution in [0.3, 0.4) is 0 Å². The molecule has 0 saturated carbocycles. The summed E-state index contributed by atoms with van der Waals surface area (Å²) in [6.45, 7) is 6.52. The van der Waals surface area contributed by atoms with E-state index in [1.54, 1.807) is 4.90 Å². The molecule has 0 aliphatic heterocycles. The smallest absolute Gasteiger partial charge is 0.261 e. The molecule has 3 aromatic carbocycles. The first-order chi connectivity index (χ1) is 16.4. The topological polar surface area (TPSA) is 58.6 Å². The van der Waals surface area contributed by atoms with E-state index in [0.29, 0.717) is 25.3 Å². The maximum atomic E-state index is 13.5. The van der Waals surface area contributed by atoms with Crippen molar-refractivity contribution in [2.45, 2.75) is 39.8 Å². The predicted octanol–water partition coefficient (Wildman–Crippen LogP) is 5.22. The third-order valence-electron chi connectivity index (χ3n) is 5.59. The fraction of sp³-hybridized carbons (Fsp3) is 0.286. The maximum absolute atomic E-state index is 13.5. The molecule has 0 aliphatic carbocycles. The standard InChI is InChI=1S/C28H31BrN2O3/c1-4-30-28(33)26(17-22-8-6-5-7-9-22)31(18-23-12-10-20(2)11-13-23)27(32)19-34-24-14-15-25(29)21(3)16-24/h5-16,26H,4,17-19H2,1-3H3,(H,30,33). The number of carbonyl (C=O) groups excluding carboxylic acids is 2. The fourth-order valence-corrected chi connectivity index (χ4v) is 3.92. The molecule has 34 heavy (non-hydrogen) atoms. The molecule has 2 amide bonds. The average molecular weight is 523 g/mol. The van der Waals surface area contributed by atoms with Crippen LogP contribution in [0.2, 0.25) is 0 Å². The van der Waals surface area contributed by atoms with E-state index >= 15 is 0 Å². The highest BCUT2D eigenvalue weighted by Gasteiger charge is 2.30. The number of likely N-dealkylation sites (N-methyl/N-ethyl adjacent to an activating group) is 1. The van der Waals surface area contributed by atoms with Crippen molar-refractivity contribution < 1.29 is 14.3 Å². The van der Waals surface area contributed by atoms with Gasteiger partial charge in [0.05, 0.1) is 0 Å². The Morgan fingerprint density at radius 2 is 1.68 bits per heavy atom. The van der Waals surface area contributed by atoms with Crippen LogP contribution < -0.4 is 10.1 Å². The van der Waals surface area contributed by atoms with Crippen molar-refractivity contribution in [3.8, 4) is 5.75 Å². The van der Waals surface area contributed by atoms with Gasteiger partial charge in [0.2, 0.25) is 5.91 Å². The molecule has 3 rings (SSSR count). The third kappa shape index (κ3) is 7.19. The highest BCUT2D eigenvalue weighted by atomic mass is 79.9. The van der Waals surface area contributed by atoms with Gasteiger partial charge in [-0.05, 0) is 55.7 Å². The number of rotatable bonds is 10. The Hall–Kier alpha value is -3.12. The van der Waals surface area contributed by atoms with E-state index < -0.39 is 6.04 Å². The second kappa shape index (κ2) is 12.4. The summed E-state index contributed by atoms with van der Waals surface area (Å²) in [5.41, 5.74) is 4.11. The molecule has 0 spiro atoms. The SMILES string of the molecule is CCNC(=O)C(Cc1ccccc1)N(Cc1ccc(C)cc1)C(=O)COc1ccc(Br)c(C)c1. The lowest BCUT2D eigenvalue weighted by molar-refractivity contribution is -0.142. The first-order valence-electron chi connectivity index (χ1n) is 11.4. The molecule has 3 aromatic rings. The minimum absolute atomic E-state index is 0.155. The van der Waals surface area contributed by atoms with Crippen LogP contribution in [0.1, 0.15) is 29.2 Å². The summed E-state index contributed by atoms with van der Waals surface area (Å²) in [6, 6.07) is 22.7. The predicted molar refractivity (Wildman–Crippen MR) is 139 cm³/mol. The summed E-state index contributed by atoms with van der Waals surface area (Å²) in [5, 5.41) is 2.90. The summed E-state index contributed by atoms with van der Waals surface area (Å²) in [7, 11) is 0. The van der Waals surface area contributed by atoms with Crippen LogP contribution in [-0.2, 0) is 22.6 Å². The number of ether oxygens (including phenoxy) is 1. The van der Waals surface area contributed by atoms with Crippen molar-refractivity contribution in [2.24, 2.45) is 0 Å². The van der Waals surface area contributed by atoms with Crippen molar-refractivity contribution in [1.29, 1.82) is 0 Å². The number of halogens is 1. The summed E-state index contributed by atoms with van der Waals surface area (Å²) < 4.78 is 6.82. The van der Waals surface area contributed by atoms with Crippen molar-refractivity contribution in [3.63, 3.8) is 0 Å². The minimum Gasteiger partial charge on any atom is -0.484 e. The van der Waals surface area contributed by atoms with E-state index in [4.69, 9.17) is 4.74 Å². The Morgan fingerprint density at radius 1 is 0.971 bits per heavy atom. The van der Waals surface area contributed by atoms with Gasteiger partial charge in [0, 0.05) is 24.0 Å². The number of aryl methyl sites for hydroxylation is 2. The second-order valence-electron chi connectivity index (χ2n) is 8.31. The van der Waals surface area contributed by atoms with Crippen LogP contribution in [0.25, 0.3) is 0 Å². The molecular weight excluding hydrogens is 492 g/mol. The highest BCUT2D eigenvalue weighted by Crippen LogP contribution is 2.22. The van der Waals surface area contributed by atoms with Crippen molar-refractivity contribution in [2.75, 3.05) is 13.2 Å². The first kappa shape index (κ1) is 25.5. The van der Waals surface area contributed by atoms with E-state index in [9.17, 15) is 9.59 Å². The molecule has 1 atom stereocenters. The number of hydrogen-bond donors (Lipinski definition) is 1. The first-order valence-corrected chi connectivity index (χ1v) is 12.2. The Kier molecular flexibility index (Phi) is 9.28. The molecule has 0 fully saturated rings. The highest BCUT2D eigenvalue weighted by molar-refractivity contribution is 9.10. The summed E-state index contributed by atoms with van der Waals surface area (Å²) in [4.78, 5) is 28.3. The van der Waals surface area contributed by atoms with Gasteiger partial charge in [0.1, 0.15) is 11.8 Å². The summed E-state index contributed by atoms with van der Waals surface area (Å²) in [5.74, 6) is 0.196. The quantitative estimate of drug-likeness (QED) is 0.397. The Labute approximate surface area is 210 Å². The van der Waals surface area contributed by atoms with E-state index in [-0.39, 0.29) is 18.4 Å². The number of hydrogen-bond acceptors (Lipinski definition) is 3. The van der Waals surface area contributed by atoms with Crippen molar-refractivity contribution >= 4 is 27.7 Å². The monoisotopic (exact) mass is 522 g/mol. The van der Waals surface area contributed by atoms with E-state index in [0.717, 1.165) is 26.7 Å². The molecular formula is C28H31BrN2O3. The zero-order valence-electron chi connectivity index (χ0n) is 19.9. The number of amides is 2. The molecule has 0 saturated heterocycles. The van der Waals surface area contributed by atoms with Crippen LogP contribution in [-0.4, -0.2) is 35.9 Å². The largest absolute Gasteiger partial charge is 0.484 e. The Morgan fingerprint density at radius 3 is 2.32 bits per heavy atom. The molecule has 1 unspecified atom stereocenters. The zero-order valence-corrected chi connectivity index (χ0v) is 21.5. The van der Waals surface area contributed by atoms with Gasteiger partial charge in [-0.2, -0.15) is 0 Å². The van der Waals surface area contributed by atoms with Gasteiger partial charge in [-0.15, -0.1) is 0 Å². The van der Waals surface area contributed by atoms with Crippen LogP contribution >= 0.6 is 15.9 Å². The van der Waals surface area contributed by atoms with Crippen LogP contribution in [0.4, 0.5) is 0 Å². The molecule has 1 N–H and O–H groups in total. The van der Waals surface area contributed by atoms with Crippen LogP contribution in [0.15, 0.2) is 77.3 Å². The average Bonchev–Trinajstić information content (AvgIpc) is 2.84. The van der Waals surface area contributed by atoms with Crippen LogP contribution in [0.5, 0.6) is 5.75 Å². The maximum Gasteiger partial charge on any atom is 0.261 e. The Bertz CT molecular complexity index is 1100. The van der Waals surface area contributed by atoms with Gasteiger partial charge < -0.3 is 15.0 Å². The number of benzene rings is 3. The van der Waals surface area contributed by atoms with Gasteiger partial charge >= 0.3 is 0 Å². The zero-order chi connectivity index (χ0) is 24.5. The molecule has 178 valence electrons. The molecule has 0 radical (unpaired) electrons. The normalized spacial score (nSPS) is 11.5. The van der Waals surface area contributed by atoms with E-state index in [2.05, 4.69) is 21.2 Å². The molecule has 0 aliphatic rings. The van der Waals surface area contributed by atoms with Gasteiger partial charge in [-0.3, -0.25) is 9.59 Å². The Balaban J connectivity index is 1.88. The van der Waals surface area contributed by atoms with Gasteiger partial charge in [0.25, 0.3) is 5.91 Å². The van der Waals surface area contributed by atoms with Gasteiger partial charge in [0.15, 0.2) is 6.61 Å². The lowest BCUT2D eigenvalue weighted by Crippen LogP contribution is -2.51. The van der Waals surface area contributed by atoms with Gasteiger partial charge in [-0.25, -0.2) is 0 Å². The van der Waals surface area contributed by atoms with Gasteiger partial charge in [-0.1, -0.05) is 76.1 Å². The molecule has 0 bridgehead atoms. The molecule has 0 aromatic heterocycles. The lowest BCUT2D eigenvalue weighted by Gasteiger charge is -2.31. The van der Waals surface area contributed by atoms with E-state index in [1.165, 1.54) is 0 Å². The summed E-state index contributed by atoms with van der Waals surface area (Å²) >= 11 is 3.48. The van der Waals surface area contributed by atoms with Crippen LogP contribution in [0, 0.1) is 13.8 Å². The fourth-order valence-electron chi connectivity index (χ4n) is 3.67. The lowest BCUT2D eigenvalue weighted by atomic mass is 10.0. The molecule has 6 heteroatoms.